The number of aryl methyl sites for hydroxylation is 1. The van der Waals surface area contributed by atoms with Gasteiger partial charge >= 0.3 is 0 Å². The van der Waals surface area contributed by atoms with Crippen LogP contribution in [0.25, 0.3) is 11.5 Å². The van der Waals surface area contributed by atoms with Crippen LogP contribution in [0.1, 0.15) is 5.56 Å². The first-order chi connectivity index (χ1) is 10.5. The molecule has 0 aliphatic rings. The number of nitrogens with one attached hydrogen (secondary N) is 1. The van der Waals surface area contributed by atoms with Crippen molar-refractivity contribution in [3.63, 3.8) is 0 Å². The molecule has 8 heteroatoms. The summed E-state index contributed by atoms with van der Waals surface area (Å²) < 4.78 is 38.1. The molecule has 0 spiro atoms. The number of sulfonamides is 1. The van der Waals surface area contributed by atoms with Crippen LogP contribution in [0.3, 0.4) is 0 Å². The van der Waals surface area contributed by atoms with E-state index in [1.165, 1.54) is 18.3 Å². The van der Waals surface area contributed by atoms with Crippen LogP contribution in [0.2, 0.25) is 0 Å². The lowest BCUT2D eigenvalue weighted by molar-refractivity contribution is 0.401. The molecule has 114 valence electrons. The number of hydrogen-bond acceptors (Lipinski definition) is 5. The van der Waals surface area contributed by atoms with E-state index in [0.29, 0.717) is 21.7 Å². The molecule has 0 radical (unpaired) electrons. The molecule has 2 heterocycles. The SMILES string of the molecule is Cc1ccc(NS(=O)(=O)c2ccc(-c3ccno3)o2)c(Br)c1. The third-order valence-corrected chi connectivity index (χ3v) is 4.79. The van der Waals surface area contributed by atoms with Gasteiger partial charge in [0.05, 0.1) is 11.9 Å². The first-order valence-corrected chi connectivity index (χ1v) is 8.53. The molecule has 6 nitrogen and oxygen atoms in total. The van der Waals surface area contributed by atoms with E-state index < -0.39 is 10.0 Å². The first kappa shape index (κ1) is 14.9. The second kappa shape index (κ2) is 5.62. The van der Waals surface area contributed by atoms with Crippen LogP contribution in [0.15, 0.2) is 61.1 Å². The van der Waals surface area contributed by atoms with E-state index in [9.17, 15) is 8.42 Å². The summed E-state index contributed by atoms with van der Waals surface area (Å²) in [6.45, 7) is 1.92. The molecule has 1 N–H and O–H groups in total. The molecule has 0 saturated carbocycles. The maximum absolute atomic E-state index is 12.3. The molecule has 2 aromatic heterocycles. The third kappa shape index (κ3) is 2.93. The van der Waals surface area contributed by atoms with Crippen LogP contribution in [0.5, 0.6) is 0 Å². The fraction of sp³-hybridized carbons (Fsp3) is 0.0714. The summed E-state index contributed by atoms with van der Waals surface area (Å²) in [4.78, 5) is 0. The maximum atomic E-state index is 12.3. The number of anilines is 1. The van der Waals surface area contributed by atoms with Crippen molar-refractivity contribution >= 4 is 31.6 Å². The van der Waals surface area contributed by atoms with Crippen molar-refractivity contribution in [3.8, 4) is 11.5 Å². The van der Waals surface area contributed by atoms with Gasteiger partial charge in [-0.2, -0.15) is 8.42 Å². The molecule has 22 heavy (non-hydrogen) atoms. The van der Waals surface area contributed by atoms with Gasteiger partial charge < -0.3 is 8.94 Å². The van der Waals surface area contributed by atoms with Crippen molar-refractivity contribution in [3.05, 3.63) is 52.6 Å². The van der Waals surface area contributed by atoms with Crippen LogP contribution in [-0.4, -0.2) is 13.6 Å². The van der Waals surface area contributed by atoms with Crippen molar-refractivity contribution in [1.29, 1.82) is 0 Å². The Hall–Kier alpha value is -2.06. The zero-order chi connectivity index (χ0) is 15.7. The zero-order valence-corrected chi connectivity index (χ0v) is 13.8. The van der Waals surface area contributed by atoms with Crippen LogP contribution in [-0.2, 0) is 10.0 Å². The number of aromatic nitrogens is 1. The summed E-state index contributed by atoms with van der Waals surface area (Å²) in [5.41, 5.74) is 1.45. The number of rotatable bonds is 4. The van der Waals surface area contributed by atoms with Gasteiger partial charge in [0.1, 0.15) is 0 Å². The summed E-state index contributed by atoms with van der Waals surface area (Å²) in [5, 5.41) is 3.35. The lowest BCUT2D eigenvalue weighted by Gasteiger charge is -2.08. The van der Waals surface area contributed by atoms with Crippen LogP contribution in [0, 0.1) is 6.92 Å². The lowest BCUT2D eigenvalue weighted by atomic mass is 10.2. The van der Waals surface area contributed by atoms with E-state index in [4.69, 9.17) is 8.94 Å². The van der Waals surface area contributed by atoms with Crippen molar-refractivity contribution in [1.82, 2.24) is 5.16 Å². The molecule has 0 atom stereocenters. The number of benzene rings is 1. The highest BCUT2D eigenvalue weighted by atomic mass is 79.9. The second-order valence-electron chi connectivity index (χ2n) is 4.58. The molecule has 0 aliphatic heterocycles. The average molecular weight is 383 g/mol. The second-order valence-corrected chi connectivity index (χ2v) is 7.05. The van der Waals surface area contributed by atoms with Gasteiger partial charge in [0.2, 0.25) is 10.9 Å². The highest BCUT2D eigenvalue weighted by molar-refractivity contribution is 9.10. The lowest BCUT2D eigenvalue weighted by Crippen LogP contribution is -2.12. The topological polar surface area (TPSA) is 85.3 Å². The number of nitrogens with zero attached hydrogens (tertiary/aromatic N) is 1. The fourth-order valence-corrected chi connectivity index (χ4v) is 3.58. The van der Waals surface area contributed by atoms with Gasteiger partial charge in [0.25, 0.3) is 10.0 Å². The predicted octanol–water partition coefficient (Wildman–Crippen LogP) is 3.81. The van der Waals surface area contributed by atoms with Gasteiger partial charge in [0.15, 0.2) is 5.76 Å². The average Bonchev–Trinajstić information content (AvgIpc) is 3.11. The van der Waals surface area contributed by atoms with Gasteiger partial charge in [-0.05, 0) is 52.7 Å². The Bertz CT molecular complexity index is 901. The van der Waals surface area contributed by atoms with Crippen LogP contribution in [0.4, 0.5) is 5.69 Å². The summed E-state index contributed by atoms with van der Waals surface area (Å²) >= 11 is 3.33. The zero-order valence-electron chi connectivity index (χ0n) is 11.4. The van der Waals surface area contributed by atoms with Crippen LogP contribution < -0.4 is 4.72 Å². The van der Waals surface area contributed by atoms with E-state index in [2.05, 4.69) is 25.8 Å². The minimum absolute atomic E-state index is 0.202. The quantitative estimate of drug-likeness (QED) is 0.741. The molecule has 0 unspecified atom stereocenters. The van der Waals surface area contributed by atoms with Crippen molar-refractivity contribution in [2.75, 3.05) is 4.72 Å². The Morgan fingerprint density at radius 2 is 1.95 bits per heavy atom. The molecule has 3 rings (SSSR count). The van der Waals surface area contributed by atoms with Gasteiger partial charge in [-0.1, -0.05) is 11.2 Å². The van der Waals surface area contributed by atoms with Crippen molar-refractivity contribution in [2.45, 2.75) is 12.0 Å². The highest BCUT2D eigenvalue weighted by Gasteiger charge is 2.21. The van der Waals surface area contributed by atoms with Crippen LogP contribution >= 0.6 is 15.9 Å². The maximum Gasteiger partial charge on any atom is 0.295 e. The predicted molar refractivity (Wildman–Crippen MR) is 83.9 cm³/mol. The van der Waals surface area contributed by atoms with Crippen molar-refractivity contribution < 1.29 is 17.4 Å². The molecular formula is C14H11BrN2O4S. The molecule has 0 saturated heterocycles. The van der Waals surface area contributed by atoms with Crippen molar-refractivity contribution in [2.24, 2.45) is 0 Å². The first-order valence-electron chi connectivity index (χ1n) is 6.25. The summed E-state index contributed by atoms with van der Waals surface area (Å²) in [5.74, 6) is 0.652. The molecule has 0 bridgehead atoms. The van der Waals surface area contributed by atoms with Gasteiger partial charge in [-0.3, -0.25) is 4.72 Å². The van der Waals surface area contributed by atoms with E-state index in [1.54, 1.807) is 12.1 Å². The highest BCUT2D eigenvalue weighted by Crippen LogP contribution is 2.28. The molecular weight excluding hydrogens is 372 g/mol. The summed E-state index contributed by atoms with van der Waals surface area (Å²) in [6, 6.07) is 9.77. The van der Waals surface area contributed by atoms with Gasteiger partial charge in [-0.25, -0.2) is 0 Å². The van der Waals surface area contributed by atoms with E-state index in [0.717, 1.165) is 5.56 Å². The Labute approximate surface area is 135 Å². The van der Waals surface area contributed by atoms with E-state index >= 15 is 0 Å². The van der Waals surface area contributed by atoms with Gasteiger partial charge in [-0.15, -0.1) is 0 Å². The molecule has 1 aromatic carbocycles. The third-order valence-electron chi connectivity index (χ3n) is 2.90. The smallest absolute Gasteiger partial charge is 0.295 e. The Balaban J connectivity index is 1.90. The fourth-order valence-electron chi connectivity index (χ4n) is 1.84. The number of hydrogen-bond donors (Lipinski definition) is 1. The Morgan fingerprint density at radius 1 is 1.14 bits per heavy atom. The summed E-state index contributed by atoms with van der Waals surface area (Å²) in [6.07, 6.45) is 1.45. The molecule has 0 amide bonds. The molecule has 3 aromatic rings. The largest absolute Gasteiger partial charge is 0.439 e. The Kier molecular flexibility index (Phi) is 3.79. The Morgan fingerprint density at radius 3 is 2.64 bits per heavy atom. The van der Waals surface area contributed by atoms with Gasteiger partial charge in [0, 0.05) is 10.5 Å². The standard InChI is InChI=1S/C14H11BrN2O4S/c1-9-2-3-11(10(15)8-9)17-22(18,19)14-5-4-12(20-14)13-6-7-16-21-13/h2-8,17H,1H3. The van der Waals surface area contributed by atoms with E-state index in [-0.39, 0.29) is 5.09 Å². The summed E-state index contributed by atoms with van der Waals surface area (Å²) in [7, 11) is -3.83. The molecule has 0 aliphatic carbocycles. The normalized spacial score (nSPS) is 11.5. The minimum atomic E-state index is -3.83. The van der Waals surface area contributed by atoms with E-state index in [1.807, 2.05) is 19.1 Å². The number of furan rings is 1. The minimum Gasteiger partial charge on any atom is -0.439 e. The monoisotopic (exact) mass is 382 g/mol. The number of halogens is 1. The molecule has 0 fully saturated rings.